The number of anilines is 1. The van der Waals surface area contributed by atoms with Gasteiger partial charge in [0, 0.05) is 56.1 Å². The van der Waals surface area contributed by atoms with Crippen LogP contribution in [0, 0.1) is 0 Å². The van der Waals surface area contributed by atoms with Crippen molar-refractivity contribution >= 4 is 29.0 Å². The summed E-state index contributed by atoms with van der Waals surface area (Å²) in [5.41, 5.74) is 5.29. The number of aliphatic imine (C=N–C) groups is 1. The average Bonchev–Trinajstić information content (AvgIpc) is 3.08. The second-order valence-corrected chi connectivity index (χ2v) is 8.55. The fourth-order valence-corrected chi connectivity index (χ4v) is 4.39. The number of benzene rings is 1. The summed E-state index contributed by atoms with van der Waals surface area (Å²) in [7, 11) is 1.87. The molecule has 3 rings (SSSR count). The lowest BCUT2D eigenvalue weighted by Gasteiger charge is -2.37. The molecule has 0 radical (unpaired) electrons. The number of carbonyl (C=O) groups is 1. The van der Waals surface area contributed by atoms with Crippen molar-refractivity contribution < 1.29 is 4.79 Å². The van der Waals surface area contributed by atoms with E-state index in [-0.39, 0.29) is 5.91 Å². The first kappa shape index (κ1) is 22.6. The number of piperazine rings is 1. The minimum absolute atomic E-state index is 0.0462. The maximum atomic E-state index is 11.6. The SMILES string of the molecule is C=C(C)/C(=C\CCC)C(=NC)N1CCN(CCc2cc3c(cc2Cl)NC(=O)C3)CC1. The van der Waals surface area contributed by atoms with Crippen molar-refractivity contribution in [1.82, 2.24) is 9.80 Å². The highest BCUT2D eigenvalue weighted by atomic mass is 35.5. The molecule has 162 valence electrons. The van der Waals surface area contributed by atoms with Crippen LogP contribution in [0.1, 0.15) is 37.8 Å². The van der Waals surface area contributed by atoms with Gasteiger partial charge in [0.1, 0.15) is 5.84 Å². The minimum atomic E-state index is 0.0462. The number of rotatable bonds is 7. The zero-order chi connectivity index (χ0) is 21.7. The van der Waals surface area contributed by atoms with Crippen molar-refractivity contribution in [1.29, 1.82) is 0 Å². The van der Waals surface area contributed by atoms with Crippen molar-refractivity contribution in [3.8, 4) is 0 Å². The number of carbonyl (C=O) groups excluding carboxylic acids is 1. The van der Waals surface area contributed by atoms with Crippen molar-refractivity contribution in [2.24, 2.45) is 4.99 Å². The summed E-state index contributed by atoms with van der Waals surface area (Å²) in [5, 5.41) is 3.60. The van der Waals surface area contributed by atoms with Crippen LogP contribution in [0.25, 0.3) is 0 Å². The van der Waals surface area contributed by atoms with Crippen LogP contribution in [0.2, 0.25) is 5.02 Å². The van der Waals surface area contributed by atoms with E-state index in [1.54, 1.807) is 0 Å². The third-order valence-corrected chi connectivity index (χ3v) is 6.17. The number of nitrogens with zero attached hydrogens (tertiary/aromatic N) is 3. The smallest absolute Gasteiger partial charge is 0.228 e. The highest BCUT2D eigenvalue weighted by Gasteiger charge is 2.23. The summed E-state index contributed by atoms with van der Waals surface area (Å²) >= 11 is 6.45. The topological polar surface area (TPSA) is 47.9 Å². The van der Waals surface area contributed by atoms with Crippen LogP contribution < -0.4 is 5.32 Å². The van der Waals surface area contributed by atoms with Crippen LogP contribution in [-0.2, 0) is 17.6 Å². The van der Waals surface area contributed by atoms with Crippen molar-refractivity contribution in [2.45, 2.75) is 39.5 Å². The van der Waals surface area contributed by atoms with Gasteiger partial charge >= 0.3 is 0 Å². The molecule has 0 atom stereocenters. The second-order valence-electron chi connectivity index (χ2n) is 8.14. The molecule has 5 nitrogen and oxygen atoms in total. The lowest BCUT2D eigenvalue weighted by atomic mass is 10.0. The fourth-order valence-electron chi connectivity index (χ4n) is 4.13. The van der Waals surface area contributed by atoms with Crippen LogP contribution in [0.15, 0.2) is 40.9 Å². The first-order valence-electron chi connectivity index (χ1n) is 10.8. The molecule has 0 aliphatic carbocycles. The van der Waals surface area contributed by atoms with Crippen LogP contribution in [-0.4, -0.2) is 61.3 Å². The molecule has 1 saturated heterocycles. The van der Waals surface area contributed by atoms with E-state index >= 15 is 0 Å². The third kappa shape index (κ3) is 5.32. The van der Waals surface area contributed by atoms with E-state index in [1.165, 1.54) is 5.57 Å². The van der Waals surface area contributed by atoms with E-state index in [0.29, 0.717) is 6.42 Å². The molecule has 0 bridgehead atoms. The van der Waals surface area contributed by atoms with Crippen LogP contribution in [0.3, 0.4) is 0 Å². The van der Waals surface area contributed by atoms with Crippen LogP contribution >= 0.6 is 11.6 Å². The molecular weight excluding hydrogens is 396 g/mol. The van der Waals surface area contributed by atoms with E-state index in [0.717, 1.165) is 85.2 Å². The Morgan fingerprint density at radius 3 is 2.67 bits per heavy atom. The Kier molecular flexibility index (Phi) is 7.73. The fraction of sp³-hybridized carbons (Fsp3) is 0.500. The molecule has 1 aromatic carbocycles. The Morgan fingerprint density at radius 2 is 2.03 bits per heavy atom. The summed E-state index contributed by atoms with van der Waals surface area (Å²) in [6.07, 6.45) is 5.78. The molecule has 2 aliphatic heterocycles. The lowest BCUT2D eigenvalue weighted by molar-refractivity contribution is -0.115. The summed E-state index contributed by atoms with van der Waals surface area (Å²) in [6.45, 7) is 13.3. The molecule has 1 amide bonds. The Balaban J connectivity index is 1.56. The number of amidine groups is 1. The first-order chi connectivity index (χ1) is 14.4. The molecule has 0 spiro atoms. The number of halogens is 1. The molecule has 0 aromatic heterocycles. The van der Waals surface area contributed by atoms with E-state index < -0.39 is 0 Å². The van der Waals surface area contributed by atoms with Crippen molar-refractivity contribution in [3.63, 3.8) is 0 Å². The summed E-state index contributed by atoms with van der Waals surface area (Å²) in [4.78, 5) is 21.1. The van der Waals surface area contributed by atoms with Gasteiger partial charge in [-0.1, -0.05) is 43.7 Å². The first-order valence-corrected chi connectivity index (χ1v) is 11.2. The summed E-state index contributed by atoms with van der Waals surface area (Å²) in [6, 6.07) is 3.98. The number of allylic oxidation sites excluding steroid dienone is 1. The minimum Gasteiger partial charge on any atom is -0.354 e. The maximum Gasteiger partial charge on any atom is 0.228 e. The molecule has 1 N–H and O–H groups in total. The number of nitrogens with one attached hydrogen (secondary N) is 1. The van der Waals surface area contributed by atoms with E-state index in [2.05, 4.69) is 52.7 Å². The zero-order valence-corrected chi connectivity index (χ0v) is 19.2. The maximum absolute atomic E-state index is 11.6. The van der Waals surface area contributed by atoms with Crippen molar-refractivity contribution in [2.75, 3.05) is 45.1 Å². The molecular formula is C24H33ClN4O. The van der Waals surface area contributed by atoms with E-state index in [4.69, 9.17) is 11.6 Å². The standard InChI is InChI=1S/C24H33ClN4O/c1-5-6-7-20(17(2)3)24(26-4)29-12-10-28(11-13-29)9-8-18-14-19-15-23(30)27-22(19)16-21(18)25/h7,14,16H,2,5-6,8-13,15H2,1,3-4H3,(H,27,30)/b20-7+,26-24?. The van der Waals surface area contributed by atoms with Gasteiger partial charge in [-0.05, 0) is 42.5 Å². The van der Waals surface area contributed by atoms with Gasteiger partial charge in [-0.3, -0.25) is 14.7 Å². The molecule has 30 heavy (non-hydrogen) atoms. The Labute approximate surface area is 185 Å². The molecule has 2 heterocycles. The zero-order valence-electron chi connectivity index (χ0n) is 18.4. The predicted octanol–water partition coefficient (Wildman–Crippen LogP) is 4.33. The third-order valence-electron chi connectivity index (χ3n) is 5.82. The highest BCUT2D eigenvalue weighted by Crippen LogP contribution is 2.30. The van der Waals surface area contributed by atoms with Gasteiger partial charge < -0.3 is 10.2 Å². The van der Waals surface area contributed by atoms with Gasteiger partial charge in [0.2, 0.25) is 5.91 Å². The summed E-state index contributed by atoms with van der Waals surface area (Å²) < 4.78 is 0. The van der Waals surface area contributed by atoms with Gasteiger partial charge in [-0.15, -0.1) is 0 Å². The number of hydrogen-bond acceptors (Lipinski definition) is 3. The predicted molar refractivity (Wildman–Crippen MR) is 127 cm³/mol. The van der Waals surface area contributed by atoms with Crippen LogP contribution in [0.5, 0.6) is 0 Å². The van der Waals surface area contributed by atoms with Gasteiger partial charge in [-0.2, -0.15) is 0 Å². The highest BCUT2D eigenvalue weighted by molar-refractivity contribution is 6.32. The van der Waals surface area contributed by atoms with Crippen LogP contribution in [0.4, 0.5) is 5.69 Å². The number of amides is 1. The largest absolute Gasteiger partial charge is 0.354 e. The quantitative estimate of drug-likeness (QED) is 0.399. The van der Waals surface area contributed by atoms with E-state index in [1.807, 2.05) is 13.1 Å². The lowest BCUT2D eigenvalue weighted by Crippen LogP contribution is -2.49. The number of fused-ring (bicyclic) bond motifs is 1. The van der Waals surface area contributed by atoms with E-state index in [9.17, 15) is 4.79 Å². The van der Waals surface area contributed by atoms with Gasteiger partial charge in [0.05, 0.1) is 6.42 Å². The molecule has 6 heteroatoms. The van der Waals surface area contributed by atoms with Gasteiger partial charge in [0.15, 0.2) is 0 Å². The normalized spacial score (nSPS) is 17.9. The Bertz CT molecular complexity index is 866. The van der Waals surface area contributed by atoms with Gasteiger partial charge in [-0.25, -0.2) is 0 Å². The average molecular weight is 429 g/mol. The molecule has 0 saturated carbocycles. The molecule has 0 unspecified atom stereocenters. The molecule has 1 fully saturated rings. The number of unbranched alkanes of at least 4 members (excludes halogenated alkanes) is 1. The molecule has 1 aromatic rings. The monoisotopic (exact) mass is 428 g/mol. The number of hydrogen-bond donors (Lipinski definition) is 1. The van der Waals surface area contributed by atoms with Crippen molar-refractivity contribution in [3.05, 3.63) is 52.1 Å². The summed E-state index contributed by atoms with van der Waals surface area (Å²) in [5.74, 6) is 1.11. The molecule has 2 aliphatic rings. The Morgan fingerprint density at radius 1 is 1.30 bits per heavy atom. The second kappa shape index (κ2) is 10.3. The Hall–Kier alpha value is -2.11. The van der Waals surface area contributed by atoms with Gasteiger partial charge in [0.25, 0.3) is 0 Å².